The minimum Gasteiger partial charge on any atom is -0.462 e. The lowest BCUT2D eigenvalue weighted by atomic mass is 10.1. The van der Waals surface area contributed by atoms with Crippen LogP contribution in [0.5, 0.6) is 0 Å². The molecule has 0 amide bonds. The molecule has 4 nitrogen and oxygen atoms in total. The predicted octanol–water partition coefficient (Wildman–Crippen LogP) is 6.97. The summed E-state index contributed by atoms with van der Waals surface area (Å²) in [6.07, 6.45) is 12.8. The normalized spacial score (nSPS) is 10.9. The lowest BCUT2D eigenvalue weighted by Crippen LogP contribution is -2.15. The minimum atomic E-state index is -0.454. The van der Waals surface area contributed by atoms with Gasteiger partial charge in [0.05, 0.1) is 24.3 Å². The molecule has 0 unspecified atom stereocenters. The van der Waals surface area contributed by atoms with Crippen molar-refractivity contribution in [3.05, 3.63) is 35.4 Å². The molecular formula is C25H40O4. The minimum absolute atomic E-state index is 0.286. The number of hydrogen-bond donors (Lipinski definition) is 0. The molecule has 0 bridgehead atoms. The second-order valence-electron chi connectivity index (χ2n) is 8.18. The van der Waals surface area contributed by atoms with Gasteiger partial charge in [-0.3, -0.25) is 0 Å². The van der Waals surface area contributed by atoms with E-state index in [-0.39, 0.29) is 11.1 Å². The van der Waals surface area contributed by atoms with Crippen molar-refractivity contribution in [2.24, 2.45) is 5.92 Å². The van der Waals surface area contributed by atoms with Crippen LogP contribution in [0.25, 0.3) is 0 Å². The second kappa shape index (κ2) is 16.0. The molecule has 0 heterocycles. The highest BCUT2D eigenvalue weighted by Gasteiger charge is 2.18. The van der Waals surface area contributed by atoms with E-state index in [9.17, 15) is 9.59 Å². The van der Waals surface area contributed by atoms with E-state index in [4.69, 9.17) is 9.47 Å². The fourth-order valence-corrected chi connectivity index (χ4v) is 3.23. The molecule has 0 aromatic heterocycles. The maximum absolute atomic E-state index is 12.4. The van der Waals surface area contributed by atoms with Crippen LogP contribution in [0.2, 0.25) is 0 Å². The summed E-state index contributed by atoms with van der Waals surface area (Å²) >= 11 is 0. The molecule has 1 rings (SSSR count). The topological polar surface area (TPSA) is 52.6 Å². The van der Waals surface area contributed by atoms with Crippen LogP contribution in [0.4, 0.5) is 0 Å². The summed E-state index contributed by atoms with van der Waals surface area (Å²) in [6, 6.07) is 6.73. The molecule has 29 heavy (non-hydrogen) atoms. The summed E-state index contributed by atoms with van der Waals surface area (Å²) < 4.78 is 10.7. The Kier molecular flexibility index (Phi) is 13.9. The summed E-state index contributed by atoms with van der Waals surface area (Å²) in [5.74, 6) is -0.319. The van der Waals surface area contributed by atoms with Crippen LogP contribution in [0.1, 0.15) is 112 Å². The van der Waals surface area contributed by atoms with E-state index in [1.807, 2.05) is 0 Å². The fraction of sp³-hybridized carbons (Fsp3) is 0.680. The van der Waals surface area contributed by atoms with Crippen molar-refractivity contribution in [2.75, 3.05) is 13.2 Å². The molecule has 0 saturated heterocycles. The largest absolute Gasteiger partial charge is 0.462 e. The lowest BCUT2D eigenvalue weighted by molar-refractivity contribution is 0.0449. The smallest absolute Gasteiger partial charge is 0.339 e. The first-order valence-corrected chi connectivity index (χ1v) is 11.5. The molecule has 0 aliphatic carbocycles. The third-order valence-corrected chi connectivity index (χ3v) is 5.01. The molecular weight excluding hydrogens is 364 g/mol. The number of benzene rings is 1. The summed E-state index contributed by atoms with van der Waals surface area (Å²) in [4.78, 5) is 24.7. The summed E-state index contributed by atoms with van der Waals surface area (Å²) in [6.45, 7) is 7.28. The van der Waals surface area contributed by atoms with E-state index >= 15 is 0 Å². The van der Waals surface area contributed by atoms with Crippen LogP contribution in [-0.2, 0) is 9.47 Å². The lowest BCUT2D eigenvalue weighted by Gasteiger charge is -2.10. The van der Waals surface area contributed by atoms with Crippen LogP contribution < -0.4 is 0 Å². The Bertz CT molecular complexity index is 580. The predicted molar refractivity (Wildman–Crippen MR) is 118 cm³/mol. The van der Waals surface area contributed by atoms with Gasteiger partial charge in [0.1, 0.15) is 0 Å². The van der Waals surface area contributed by atoms with Crippen molar-refractivity contribution in [1.29, 1.82) is 0 Å². The van der Waals surface area contributed by atoms with E-state index in [0.717, 1.165) is 25.7 Å². The van der Waals surface area contributed by atoms with Crippen molar-refractivity contribution in [2.45, 2.75) is 91.4 Å². The standard InChI is InChI=1S/C25H40O4/c1-4-5-6-7-8-9-10-11-14-19-28-24(26)22-17-12-13-18-23(22)25(27)29-20-15-16-21(2)3/h12-13,17-18,21H,4-11,14-16,19-20H2,1-3H3. The van der Waals surface area contributed by atoms with Crippen molar-refractivity contribution in [1.82, 2.24) is 0 Å². The Labute approximate surface area is 177 Å². The zero-order valence-corrected chi connectivity index (χ0v) is 18.7. The maximum atomic E-state index is 12.4. The molecule has 0 fully saturated rings. The van der Waals surface area contributed by atoms with Gasteiger partial charge in [-0.2, -0.15) is 0 Å². The van der Waals surface area contributed by atoms with Crippen LogP contribution in [0, 0.1) is 5.92 Å². The van der Waals surface area contributed by atoms with Crippen molar-refractivity contribution >= 4 is 11.9 Å². The molecule has 1 aromatic rings. The Morgan fingerprint density at radius 2 is 1.17 bits per heavy atom. The van der Waals surface area contributed by atoms with Crippen LogP contribution in [0.15, 0.2) is 24.3 Å². The van der Waals surface area contributed by atoms with E-state index in [2.05, 4.69) is 20.8 Å². The highest BCUT2D eigenvalue weighted by Crippen LogP contribution is 2.14. The first-order chi connectivity index (χ1) is 14.1. The zero-order valence-electron chi connectivity index (χ0n) is 18.7. The molecule has 0 atom stereocenters. The molecule has 1 aromatic carbocycles. The van der Waals surface area contributed by atoms with Gasteiger partial charge in [-0.05, 0) is 37.3 Å². The molecule has 164 valence electrons. The Balaban J connectivity index is 2.29. The average Bonchev–Trinajstić information content (AvgIpc) is 2.72. The molecule has 0 aliphatic heterocycles. The Hall–Kier alpha value is -1.84. The first kappa shape index (κ1) is 25.2. The van der Waals surface area contributed by atoms with Crippen LogP contribution in [-0.4, -0.2) is 25.2 Å². The summed E-state index contributed by atoms with van der Waals surface area (Å²) in [7, 11) is 0. The number of ether oxygens (including phenoxy) is 2. The fourth-order valence-electron chi connectivity index (χ4n) is 3.23. The summed E-state index contributed by atoms with van der Waals surface area (Å²) in [5.41, 5.74) is 0.575. The van der Waals surface area contributed by atoms with E-state index in [0.29, 0.717) is 19.1 Å². The van der Waals surface area contributed by atoms with Gasteiger partial charge in [0.15, 0.2) is 0 Å². The summed E-state index contributed by atoms with van der Waals surface area (Å²) in [5, 5.41) is 0. The van der Waals surface area contributed by atoms with E-state index < -0.39 is 11.9 Å². The quantitative estimate of drug-likeness (QED) is 0.220. The molecule has 0 N–H and O–H groups in total. The number of carbonyl (C=O) groups is 2. The maximum Gasteiger partial charge on any atom is 0.339 e. The Morgan fingerprint density at radius 1 is 0.724 bits per heavy atom. The molecule has 0 spiro atoms. The van der Waals surface area contributed by atoms with Gasteiger partial charge in [0, 0.05) is 0 Å². The number of esters is 2. The Morgan fingerprint density at radius 3 is 1.66 bits per heavy atom. The third-order valence-electron chi connectivity index (χ3n) is 5.01. The zero-order chi connectivity index (χ0) is 21.3. The monoisotopic (exact) mass is 404 g/mol. The van der Waals surface area contributed by atoms with Crippen molar-refractivity contribution in [3.8, 4) is 0 Å². The number of hydrogen-bond acceptors (Lipinski definition) is 4. The van der Waals surface area contributed by atoms with Gasteiger partial charge in [0.2, 0.25) is 0 Å². The molecule has 0 aliphatic rings. The average molecular weight is 405 g/mol. The van der Waals surface area contributed by atoms with Crippen LogP contribution >= 0.6 is 0 Å². The van der Waals surface area contributed by atoms with E-state index in [1.54, 1.807) is 24.3 Å². The molecule has 4 heteroatoms. The van der Waals surface area contributed by atoms with Gasteiger partial charge in [-0.1, -0.05) is 84.3 Å². The number of rotatable bonds is 16. The van der Waals surface area contributed by atoms with Crippen LogP contribution in [0.3, 0.4) is 0 Å². The highest BCUT2D eigenvalue weighted by atomic mass is 16.5. The third kappa shape index (κ3) is 11.7. The SMILES string of the molecule is CCCCCCCCCCCOC(=O)c1ccccc1C(=O)OCCCC(C)C. The number of unbranched alkanes of at least 4 members (excludes halogenated alkanes) is 8. The molecule has 0 saturated carbocycles. The highest BCUT2D eigenvalue weighted by molar-refractivity contribution is 6.03. The van der Waals surface area contributed by atoms with Crippen molar-refractivity contribution in [3.63, 3.8) is 0 Å². The second-order valence-corrected chi connectivity index (χ2v) is 8.18. The van der Waals surface area contributed by atoms with Gasteiger partial charge in [-0.15, -0.1) is 0 Å². The number of carbonyl (C=O) groups excluding carboxylic acids is 2. The van der Waals surface area contributed by atoms with Crippen molar-refractivity contribution < 1.29 is 19.1 Å². The van der Waals surface area contributed by atoms with Gasteiger partial charge in [0.25, 0.3) is 0 Å². The first-order valence-electron chi connectivity index (χ1n) is 11.5. The van der Waals surface area contributed by atoms with E-state index in [1.165, 1.54) is 44.9 Å². The van der Waals surface area contributed by atoms with Gasteiger partial charge < -0.3 is 9.47 Å². The van der Waals surface area contributed by atoms with Gasteiger partial charge in [-0.25, -0.2) is 9.59 Å². The molecule has 0 radical (unpaired) electrons. The van der Waals surface area contributed by atoms with Gasteiger partial charge >= 0.3 is 11.9 Å².